The number of aliphatic carboxylic acids is 1. The van der Waals surface area contributed by atoms with Crippen molar-refractivity contribution < 1.29 is 19.4 Å². The lowest BCUT2D eigenvalue weighted by Gasteiger charge is -2.40. The Morgan fingerprint density at radius 3 is 1.59 bits per heavy atom. The van der Waals surface area contributed by atoms with E-state index in [1.54, 1.807) is 6.08 Å². The molecule has 0 unspecified atom stereocenters. The summed E-state index contributed by atoms with van der Waals surface area (Å²) < 4.78 is 4.63. The van der Waals surface area contributed by atoms with E-state index < -0.39 is 5.97 Å². The Morgan fingerprint density at radius 2 is 1.30 bits per heavy atom. The molecule has 0 spiro atoms. The molecule has 6 aliphatic heterocycles. The van der Waals surface area contributed by atoms with Crippen LogP contribution in [0.25, 0.3) is 0 Å². The summed E-state index contributed by atoms with van der Waals surface area (Å²) in [6.07, 6.45) is 7.80. The van der Waals surface area contributed by atoms with E-state index in [9.17, 15) is 9.59 Å². The van der Waals surface area contributed by atoms with Crippen molar-refractivity contribution >= 4 is 36.8 Å². The number of ether oxygens (including phenoxy) is 1. The number of carboxylic acids is 1. The average Bonchev–Trinajstić information content (AvgIpc) is 2.64. The van der Waals surface area contributed by atoms with Gasteiger partial charge in [-0.3, -0.25) is 9.80 Å². The number of fused-ring (bicyclic) bond motifs is 6. The highest BCUT2D eigenvalue weighted by molar-refractivity contribution is 5.85. The van der Waals surface area contributed by atoms with Gasteiger partial charge in [0.15, 0.2) is 0 Å². The quantitative estimate of drug-likeness (QED) is 0.546. The first kappa shape index (κ1) is 24.0. The van der Waals surface area contributed by atoms with E-state index in [-0.39, 0.29) is 30.8 Å². The van der Waals surface area contributed by atoms with Crippen LogP contribution in [-0.2, 0) is 14.3 Å². The molecule has 4 bridgehead atoms. The van der Waals surface area contributed by atoms with Gasteiger partial charge in [0, 0.05) is 25.2 Å². The Morgan fingerprint density at radius 1 is 0.889 bits per heavy atom. The Hall–Kier alpha value is -1.08. The zero-order valence-corrected chi connectivity index (χ0v) is 17.4. The Balaban J connectivity index is 0.000000252. The van der Waals surface area contributed by atoms with Gasteiger partial charge in [0.1, 0.15) is 0 Å². The standard InChI is InChI=1S/C10H15NO2.C9H13NO2.2ClH/c1-13-10(12)6-9-7-11-4-2-8(9)3-5-11;11-9(12)5-8-6-10-3-1-7(8)2-4-10;;/h6,8H,2-5,7H2,1H3;5,7H,1-4,6H2,(H,11,12);2*1H. The number of rotatable bonds is 2. The molecule has 0 aromatic rings. The fraction of sp³-hybridized carbons (Fsp3) is 0.684. The molecule has 0 saturated carbocycles. The van der Waals surface area contributed by atoms with Gasteiger partial charge in [0.2, 0.25) is 0 Å². The second kappa shape index (κ2) is 11.1. The third-order valence-electron chi connectivity index (χ3n) is 5.85. The molecule has 0 amide bonds. The lowest BCUT2D eigenvalue weighted by molar-refractivity contribution is -0.135. The highest BCUT2D eigenvalue weighted by Gasteiger charge is 2.30. The van der Waals surface area contributed by atoms with E-state index in [1.807, 2.05) is 0 Å². The first-order chi connectivity index (χ1) is 12.0. The lowest BCUT2D eigenvalue weighted by Crippen LogP contribution is -2.43. The second-order valence-electron chi connectivity index (χ2n) is 7.40. The minimum Gasteiger partial charge on any atom is -0.478 e. The number of nitrogens with zero attached hydrogens (tertiary/aromatic N) is 2. The zero-order valence-electron chi connectivity index (χ0n) is 15.8. The van der Waals surface area contributed by atoms with E-state index in [4.69, 9.17) is 5.11 Å². The number of hydrogen-bond donors (Lipinski definition) is 1. The third-order valence-corrected chi connectivity index (χ3v) is 5.85. The van der Waals surface area contributed by atoms with Gasteiger partial charge in [0.25, 0.3) is 0 Å². The van der Waals surface area contributed by atoms with Gasteiger partial charge in [-0.2, -0.15) is 0 Å². The van der Waals surface area contributed by atoms with Crippen LogP contribution in [-0.4, -0.2) is 73.2 Å². The molecule has 6 heterocycles. The van der Waals surface area contributed by atoms with Gasteiger partial charge in [-0.25, -0.2) is 9.59 Å². The summed E-state index contributed by atoms with van der Waals surface area (Å²) in [5, 5.41) is 8.60. The summed E-state index contributed by atoms with van der Waals surface area (Å²) in [7, 11) is 1.43. The molecular weight excluding hydrogens is 391 g/mol. The third kappa shape index (κ3) is 6.49. The number of carbonyl (C=O) groups excluding carboxylic acids is 1. The molecule has 27 heavy (non-hydrogen) atoms. The first-order valence-electron chi connectivity index (χ1n) is 9.21. The minimum absolute atomic E-state index is 0. The Kier molecular flexibility index (Phi) is 9.81. The summed E-state index contributed by atoms with van der Waals surface area (Å²) in [5.74, 6) is 0.206. The van der Waals surface area contributed by atoms with Gasteiger partial charge in [-0.15, -0.1) is 24.8 Å². The summed E-state index contributed by atoms with van der Waals surface area (Å²) >= 11 is 0. The maximum absolute atomic E-state index is 11.0. The van der Waals surface area contributed by atoms with Crippen LogP contribution in [0.4, 0.5) is 0 Å². The zero-order chi connectivity index (χ0) is 17.8. The SMILES string of the molecule is COC(=O)C=C1CN2CCC1CC2.Cl.Cl.O=C(O)C=C1CN2CCC1CC2. The maximum Gasteiger partial charge on any atom is 0.330 e. The van der Waals surface area contributed by atoms with Crippen LogP contribution in [0.2, 0.25) is 0 Å². The highest BCUT2D eigenvalue weighted by Crippen LogP contribution is 2.32. The van der Waals surface area contributed by atoms with Gasteiger partial charge in [-0.05, 0) is 74.8 Å². The van der Waals surface area contributed by atoms with E-state index in [2.05, 4.69) is 14.5 Å². The number of piperidine rings is 6. The predicted molar refractivity (Wildman–Crippen MR) is 109 cm³/mol. The van der Waals surface area contributed by atoms with Crippen LogP contribution in [0.15, 0.2) is 23.3 Å². The van der Waals surface area contributed by atoms with Gasteiger partial charge in [-0.1, -0.05) is 0 Å². The lowest BCUT2D eigenvalue weighted by atomic mass is 9.83. The smallest absolute Gasteiger partial charge is 0.330 e. The van der Waals surface area contributed by atoms with E-state index >= 15 is 0 Å². The fourth-order valence-electron chi connectivity index (χ4n) is 4.39. The minimum atomic E-state index is -0.793. The Labute approximate surface area is 173 Å². The second-order valence-corrected chi connectivity index (χ2v) is 7.40. The molecule has 154 valence electrons. The molecule has 6 aliphatic rings. The van der Waals surface area contributed by atoms with Crippen LogP contribution < -0.4 is 0 Å². The van der Waals surface area contributed by atoms with Crippen molar-refractivity contribution in [3.05, 3.63) is 23.3 Å². The average molecular weight is 421 g/mol. The van der Waals surface area contributed by atoms with E-state index in [0.717, 1.165) is 44.6 Å². The van der Waals surface area contributed by atoms with Crippen molar-refractivity contribution in [2.24, 2.45) is 11.8 Å². The van der Waals surface area contributed by atoms with Crippen LogP contribution in [0.3, 0.4) is 0 Å². The van der Waals surface area contributed by atoms with E-state index in [1.165, 1.54) is 44.7 Å². The predicted octanol–water partition coefficient (Wildman–Crippen LogP) is 2.38. The molecule has 6 rings (SSSR count). The molecule has 6 nitrogen and oxygen atoms in total. The van der Waals surface area contributed by atoms with Crippen molar-refractivity contribution in [1.29, 1.82) is 0 Å². The number of hydrogen-bond acceptors (Lipinski definition) is 5. The van der Waals surface area contributed by atoms with Crippen LogP contribution in [0.1, 0.15) is 25.7 Å². The summed E-state index contributed by atoms with van der Waals surface area (Å²) in [5.41, 5.74) is 2.39. The fourth-order valence-corrected chi connectivity index (χ4v) is 4.39. The molecule has 6 fully saturated rings. The molecule has 6 saturated heterocycles. The van der Waals surface area contributed by atoms with E-state index in [0.29, 0.717) is 11.8 Å². The molecule has 0 atom stereocenters. The van der Waals surface area contributed by atoms with Crippen molar-refractivity contribution in [2.75, 3.05) is 46.4 Å². The maximum atomic E-state index is 11.0. The monoisotopic (exact) mass is 420 g/mol. The Bertz CT molecular complexity index is 578. The summed E-state index contributed by atoms with van der Waals surface area (Å²) in [6.45, 7) is 6.56. The largest absolute Gasteiger partial charge is 0.478 e. The number of methoxy groups -OCH3 is 1. The molecule has 0 aliphatic carbocycles. The first-order valence-corrected chi connectivity index (χ1v) is 9.21. The summed E-state index contributed by atoms with van der Waals surface area (Å²) in [4.78, 5) is 26.2. The molecule has 1 N–H and O–H groups in total. The van der Waals surface area contributed by atoms with Crippen molar-refractivity contribution in [3.63, 3.8) is 0 Å². The molecule has 8 heteroatoms. The normalized spacial score (nSPS) is 33.4. The molecular formula is C19H30Cl2N2O4. The number of halogens is 2. The van der Waals surface area contributed by atoms with Gasteiger partial charge in [0.05, 0.1) is 7.11 Å². The van der Waals surface area contributed by atoms with Crippen molar-refractivity contribution in [3.8, 4) is 0 Å². The van der Waals surface area contributed by atoms with Gasteiger partial charge < -0.3 is 9.84 Å². The van der Waals surface area contributed by atoms with Crippen molar-refractivity contribution in [2.45, 2.75) is 25.7 Å². The van der Waals surface area contributed by atoms with Gasteiger partial charge >= 0.3 is 11.9 Å². The number of esters is 1. The summed E-state index contributed by atoms with van der Waals surface area (Å²) in [6, 6.07) is 0. The molecule has 0 radical (unpaired) electrons. The number of carbonyl (C=O) groups is 2. The molecule has 0 aromatic carbocycles. The van der Waals surface area contributed by atoms with Crippen LogP contribution in [0, 0.1) is 11.8 Å². The van der Waals surface area contributed by atoms with Crippen LogP contribution >= 0.6 is 24.8 Å². The highest BCUT2D eigenvalue weighted by atomic mass is 35.5. The number of carboxylic acid groups (broad SMARTS) is 1. The topological polar surface area (TPSA) is 70.1 Å². The van der Waals surface area contributed by atoms with Crippen molar-refractivity contribution in [1.82, 2.24) is 9.80 Å². The molecule has 0 aromatic heterocycles. The van der Waals surface area contributed by atoms with Crippen LogP contribution in [0.5, 0.6) is 0 Å².